The van der Waals surface area contributed by atoms with Gasteiger partial charge in [0.05, 0.1) is 28.4 Å². The number of benzene rings is 2. The van der Waals surface area contributed by atoms with E-state index in [4.69, 9.17) is 23.7 Å². The molecule has 7 nitrogen and oxygen atoms in total. The van der Waals surface area contributed by atoms with E-state index in [0.717, 1.165) is 0 Å². The molecular formula is C22H24O7. The van der Waals surface area contributed by atoms with Crippen molar-refractivity contribution in [1.82, 2.24) is 0 Å². The predicted molar refractivity (Wildman–Crippen MR) is 108 cm³/mol. The van der Waals surface area contributed by atoms with E-state index in [1.165, 1.54) is 41.4 Å². The molecule has 0 aliphatic carbocycles. The SMILES string of the molecule is COc1ccc(C(C)=O)cc1COC(=O)/C=C/c1cc(OC)c(OC)c(OC)c1. The van der Waals surface area contributed by atoms with Crippen LogP contribution in [0.4, 0.5) is 0 Å². The van der Waals surface area contributed by atoms with Crippen molar-refractivity contribution < 1.29 is 33.3 Å². The molecule has 0 N–H and O–H groups in total. The van der Waals surface area contributed by atoms with Gasteiger partial charge in [-0.3, -0.25) is 4.79 Å². The normalized spacial score (nSPS) is 10.5. The summed E-state index contributed by atoms with van der Waals surface area (Å²) in [5.74, 6) is 1.33. The molecule has 0 atom stereocenters. The lowest BCUT2D eigenvalue weighted by Crippen LogP contribution is -2.04. The lowest BCUT2D eigenvalue weighted by atomic mass is 10.1. The average molecular weight is 400 g/mol. The van der Waals surface area contributed by atoms with Gasteiger partial charge < -0.3 is 23.7 Å². The van der Waals surface area contributed by atoms with Crippen molar-refractivity contribution in [2.45, 2.75) is 13.5 Å². The number of hydrogen-bond donors (Lipinski definition) is 0. The van der Waals surface area contributed by atoms with Crippen LogP contribution in [0, 0.1) is 0 Å². The summed E-state index contributed by atoms with van der Waals surface area (Å²) < 4.78 is 26.4. The van der Waals surface area contributed by atoms with Crippen LogP contribution in [0.25, 0.3) is 6.08 Å². The molecule has 2 aromatic rings. The Kier molecular flexibility index (Phi) is 7.65. The highest BCUT2D eigenvalue weighted by Gasteiger charge is 2.13. The molecular weight excluding hydrogens is 376 g/mol. The van der Waals surface area contributed by atoms with Gasteiger partial charge in [0.2, 0.25) is 5.75 Å². The van der Waals surface area contributed by atoms with Crippen LogP contribution in [0.15, 0.2) is 36.4 Å². The van der Waals surface area contributed by atoms with E-state index in [0.29, 0.717) is 39.7 Å². The van der Waals surface area contributed by atoms with E-state index < -0.39 is 5.97 Å². The summed E-state index contributed by atoms with van der Waals surface area (Å²) in [4.78, 5) is 23.7. The van der Waals surface area contributed by atoms with Gasteiger partial charge in [-0.05, 0) is 48.9 Å². The molecule has 2 rings (SSSR count). The second kappa shape index (κ2) is 10.2. The Morgan fingerprint density at radius 1 is 0.862 bits per heavy atom. The van der Waals surface area contributed by atoms with E-state index >= 15 is 0 Å². The van der Waals surface area contributed by atoms with E-state index in [9.17, 15) is 9.59 Å². The van der Waals surface area contributed by atoms with Gasteiger partial charge in [0.25, 0.3) is 0 Å². The topological polar surface area (TPSA) is 80.3 Å². The smallest absolute Gasteiger partial charge is 0.331 e. The molecule has 0 saturated heterocycles. The van der Waals surface area contributed by atoms with Gasteiger partial charge in [-0.15, -0.1) is 0 Å². The lowest BCUT2D eigenvalue weighted by molar-refractivity contribution is -0.138. The Morgan fingerprint density at radius 3 is 2.00 bits per heavy atom. The van der Waals surface area contributed by atoms with Crippen LogP contribution in [-0.2, 0) is 16.1 Å². The predicted octanol–water partition coefficient (Wildman–Crippen LogP) is 3.68. The van der Waals surface area contributed by atoms with Crippen molar-refractivity contribution in [2.24, 2.45) is 0 Å². The molecule has 0 saturated carbocycles. The minimum Gasteiger partial charge on any atom is -0.496 e. The summed E-state index contributed by atoms with van der Waals surface area (Å²) in [6, 6.07) is 8.41. The van der Waals surface area contributed by atoms with Crippen molar-refractivity contribution in [3.05, 3.63) is 53.1 Å². The van der Waals surface area contributed by atoms with Crippen LogP contribution in [0.1, 0.15) is 28.4 Å². The molecule has 0 spiro atoms. The molecule has 29 heavy (non-hydrogen) atoms. The van der Waals surface area contributed by atoms with Gasteiger partial charge in [-0.25, -0.2) is 4.79 Å². The number of methoxy groups -OCH3 is 4. The van der Waals surface area contributed by atoms with Crippen LogP contribution in [0.3, 0.4) is 0 Å². The number of esters is 1. The third kappa shape index (κ3) is 5.51. The second-order valence-electron chi connectivity index (χ2n) is 5.98. The average Bonchev–Trinajstić information content (AvgIpc) is 2.74. The summed E-state index contributed by atoms with van der Waals surface area (Å²) in [5.41, 5.74) is 1.80. The summed E-state index contributed by atoms with van der Waals surface area (Å²) >= 11 is 0. The summed E-state index contributed by atoms with van der Waals surface area (Å²) in [7, 11) is 6.06. The number of ether oxygens (including phenoxy) is 5. The molecule has 0 heterocycles. The first kappa shape index (κ1) is 21.8. The minimum absolute atomic E-state index is 0.0251. The van der Waals surface area contributed by atoms with E-state index in [-0.39, 0.29) is 12.4 Å². The Labute approximate surface area is 169 Å². The molecule has 0 aliphatic rings. The van der Waals surface area contributed by atoms with Gasteiger partial charge in [0, 0.05) is 17.2 Å². The van der Waals surface area contributed by atoms with Crippen molar-refractivity contribution >= 4 is 17.8 Å². The largest absolute Gasteiger partial charge is 0.496 e. The Balaban J connectivity index is 2.13. The van der Waals surface area contributed by atoms with E-state index in [1.54, 1.807) is 36.4 Å². The van der Waals surface area contributed by atoms with Crippen LogP contribution in [-0.4, -0.2) is 40.2 Å². The van der Waals surface area contributed by atoms with Crippen molar-refractivity contribution in [3.63, 3.8) is 0 Å². The maximum atomic E-state index is 12.1. The fraction of sp³-hybridized carbons (Fsp3) is 0.273. The Bertz CT molecular complexity index is 890. The number of rotatable bonds is 9. The number of Topliss-reactive ketones (excluding diaryl/α,β-unsaturated/α-hetero) is 1. The molecule has 0 bridgehead atoms. The highest BCUT2D eigenvalue weighted by atomic mass is 16.5. The van der Waals surface area contributed by atoms with E-state index in [1.807, 2.05) is 0 Å². The zero-order chi connectivity index (χ0) is 21.4. The molecule has 0 unspecified atom stereocenters. The molecule has 0 fully saturated rings. The summed E-state index contributed by atoms with van der Waals surface area (Å²) in [6.45, 7) is 1.44. The fourth-order valence-corrected chi connectivity index (χ4v) is 2.67. The van der Waals surface area contributed by atoms with Gasteiger partial charge in [0.15, 0.2) is 17.3 Å². The first-order valence-corrected chi connectivity index (χ1v) is 8.76. The lowest BCUT2D eigenvalue weighted by Gasteiger charge is -2.12. The number of hydrogen-bond acceptors (Lipinski definition) is 7. The molecule has 0 aliphatic heterocycles. The Hall–Kier alpha value is -3.48. The Morgan fingerprint density at radius 2 is 1.48 bits per heavy atom. The molecule has 0 amide bonds. The highest BCUT2D eigenvalue weighted by molar-refractivity contribution is 5.94. The minimum atomic E-state index is -0.547. The molecule has 7 heteroatoms. The monoisotopic (exact) mass is 400 g/mol. The van der Waals surface area contributed by atoms with Crippen molar-refractivity contribution in [2.75, 3.05) is 28.4 Å². The number of carbonyl (C=O) groups excluding carboxylic acids is 2. The number of ketones is 1. The summed E-state index contributed by atoms with van der Waals surface area (Å²) in [6.07, 6.45) is 2.87. The van der Waals surface area contributed by atoms with Crippen LogP contribution in [0.5, 0.6) is 23.0 Å². The van der Waals surface area contributed by atoms with Gasteiger partial charge in [-0.2, -0.15) is 0 Å². The molecule has 2 aromatic carbocycles. The zero-order valence-corrected chi connectivity index (χ0v) is 17.1. The maximum Gasteiger partial charge on any atom is 0.331 e. The molecule has 0 radical (unpaired) electrons. The fourth-order valence-electron chi connectivity index (χ4n) is 2.67. The van der Waals surface area contributed by atoms with Gasteiger partial charge in [0.1, 0.15) is 12.4 Å². The quantitative estimate of drug-likeness (QED) is 0.361. The standard InChI is InChI=1S/C22H24O7/c1-14(23)16-7-8-18(25-2)17(12-16)13-29-21(24)9-6-15-10-19(26-3)22(28-5)20(11-15)27-4/h6-12H,13H2,1-5H3/b9-6+. The number of carbonyl (C=O) groups is 2. The second-order valence-corrected chi connectivity index (χ2v) is 5.98. The molecule has 0 aromatic heterocycles. The molecule has 154 valence electrons. The van der Waals surface area contributed by atoms with Gasteiger partial charge >= 0.3 is 5.97 Å². The third-order valence-corrected chi connectivity index (χ3v) is 4.16. The van der Waals surface area contributed by atoms with Gasteiger partial charge in [-0.1, -0.05) is 0 Å². The van der Waals surface area contributed by atoms with Crippen LogP contribution >= 0.6 is 0 Å². The van der Waals surface area contributed by atoms with Crippen molar-refractivity contribution in [1.29, 1.82) is 0 Å². The van der Waals surface area contributed by atoms with E-state index in [2.05, 4.69) is 0 Å². The summed E-state index contributed by atoms with van der Waals surface area (Å²) in [5, 5.41) is 0. The maximum absolute atomic E-state index is 12.1. The zero-order valence-electron chi connectivity index (χ0n) is 17.1. The van der Waals surface area contributed by atoms with Crippen LogP contribution in [0.2, 0.25) is 0 Å². The third-order valence-electron chi connectivity index (χ3n) is 4.16. The first-order chi connectivity index (χ1) is 13.9. The first-order valence-electron chi connectivity index (χ1n) is 8.76. The highest BCUT2D eigenvalue weighted by Crippen LogP contribution is 2.38. The van der Waals surface area contributed by atoms with Crippen LogP contribution < -0.4 is 18.9 Å². The van der Waals surface area contributed by atoms with Crippen molar-refractivity contribution in [3.8, 4) is 23.0 Å².